The van der Waals surface area contributed by atoms with Crippen LogP contribution in [-0.4, -0.2) is 25.2 Å². The highest BCUT2D eigenvalue weighted by Crippen LogP contribution is 2.11. The van der Waals surface area contributed by atoms with E-state index in [0.717, 1.165) is 20.9 Å². The van der Waals surface area contributed by atoms with Crippen LogP contribution in [0.15, 0.2) is 76.4 Å². The number of hydrogen-bond donors (Lipinski definition) is 1. The number of pyridine rings is 1. The zero-order chi connectivity index (χ0) is 24.2. The third-order valence-electron chi connectivity index (χ3n) is 5.25. The third kappa shape index (κ3) is 4.83. The molecule has 8 nitrogen and oxygen atoms in total. The first kappa shape index (κ1) is 22.8. The highest BCUT2D eigenvalue weighted by atomic mass is 19.1. The summed E-state index contributed by atoms with van der Waals surface area (Å²) in [6, 6.07) is 16.7. The van der Waals surface area contributed by atoms with Gasteiger partial charge in [0.05, 0.1) is 24.5 Å². The van der Waals surface area contributed by atoms with Crippen LogP contribution < -0.4 is 16.6 Å². The second-order valence-electron chi connectivity index (χ2n) is 7.86. The van der Waals surface area contributed by atoms with Crippen molar-refractivity contribution in [1.82, 2.24) is 24.6 Å². The van der Waals surface area contributed by atoms with Crippen LogP contribution in [0.1, 0.15) is 32.9 Å². The minimum atomic E-state index is -0.839. The van der Waals surface area contributed by atoms with Crippen LogP contribution in [0.4, 0.5) is 4.39 Å². The van der Waals surface area contributed by atoms with Crippen LogP contribution in [0.2, 0.25) is 0 Å². The number of carbonyl (C=O) groups is 1. The Morgan fingerprint density at radius 3 is 2.56 bits per heavy atom. The largest absolute Gasteiger partial charge is 0.352 e. The van der Waals surface area contributed by atoms with Crippen molar-refractivity contribution in [3.63, 3.8) is 0 Å². The number of halogens is 1. The normalized spacial score (nSPS) is 10.8. The minimum absolute atomic E-state index is 0.0664. The Labute approximate surface area is 194 Å². The highest BCUT2D eigenvalue weighted by Gasteiger charge is 2.21. The fraction of sp³-hybridized carbons (Fsp3) is 0.160. The van der Waals surface area contributed by atoms with Gasteiger partial charge < -0.3 is 5.32 Å². The van der Waals surface area contributed by atoms with Gasteiger partial charge in [0.2, 0.25) is 5.69 Å². The molecule has 0 saturated carbocycles. The summed E-state index contributed by atoms with van der Waals surface area (Å²) in [6.45, 7) is 3.47. The van der Waals surface area contributed by atoms with E-state index in [1.807, 2.05) is 25.1 Å². The lowest BCUT2D eigenvalue weighted by Gasteiger charge is -2.13. The molecule has 0 radical (unpaired) electrons. The summed E-state index contributed by atoms with van der Waals surface area (Å²) >= 11 is 0. The molecule has 9 heteroatoms. The van der Waals surface area contributed by atoms with Crippen LogP contribution in [0.5, 0.6) is 0 Å². The Bertz CT molecular complexity index is 1480. The lowest BCUT2D eigenvalue weighted by molar-refractivity contribution is 0.0940. The molecule has 2 aromatic carbocycles. The molecule has 172 valence electrons. The molecular formula is C25H22FN5O3. The lowest BCUT2D eigenvalue weighted by Crippen LogP contribution is -2.46. The van der Waals surface area contributed by atoms with Gasteiger partial charge in [0, 0.05) is 12.3 Å². The topological polar surface area (TPSA) is 98.9 Å². The predicted octanol–water partition coefficient (Wildman–Crippen LogP) is 2.52. The summed E-state index contributed by atoms with van der Waals surface area (Å²) < 4.78 is 16.0. The van der Waals surface area contributed by atoms with Crippen LogP contribution in [0.25, 0.3) is 5.69 Å². The molecule has 0 fully saturated rings. The molecule has 1 N–H and O–H groups in total. The van der Waals surface area contributed by atoms with E-state index in [4.69, 9.17) is 0 Å². The smallest absolute Gasteiger partial charge is 0.345 e. The molecule has 0 aliphatic carbocycles. The molecular weight excluding hydrogens is 437 g/mol. The summed E-state index contributed by atoms with van der Waals surface area (Å²) in [6.07, 6.45) is 1.58. The SMILES string of the molecule is Cc1cccc(Cn2c(=O)c(C(=O)NCc3ccccn3)nn(-c3ccc(C)c(F)c3)c2=O)c1. The number of aromatic nitrogens is 4. The van der Waals surface area contributed by atoms with Crippen LogP contribution in [0.3, 0.4) is 0 Å². The number of aryl methyl sites for hydroxylation is 2. The molecule has 0 aliphatic rings. The molecule has 4 rings (SSSR count). The van der Waals surface area contributed by atoms with Crippen molar-refractivity contribution >= 4 is 5.91 Å². The van der Waals surface area contributed by atoms with Crippen molar-refractivity contribution in [3.8, 4) is 5.69 Å². The van der Waals surface area contributed by atoms with Gasteiger partial charge >= 0.3 is 5.69 Å². The summed E-state index contributed by atoms with van der Waals surface area (Å²) in [5.74, 6) is -1.31. The lowest BCUT2D eigenvalue weighted by atomic mass is 10.1. The maximum atomic E-state index is 14.2. The minimum Gasteiger partial charge on any atom is -0.345 e. The van der Waals surface area contributed by atoms with Crippen molar-refractivity contribution in [3.05, 3.63) is 122 Å². The zero-order valence-corrected chi connectivity index (χ0v) is 18.7. The molecule has 34 heavy (non-hydrogen) atoms. The van der Waals surface area contributed by atoms with Crippen molar-refractivity contribution in [2.75, 3.05) is 0 Å². The first-order chi connectivity index (χ1) is 16.3. The van der Waals surface area contributed by atoms with Gasteiger partial charge in [0.25, 0.3) is 11.5 Å². The molecule has 0 spiro atoms. The van der Waals surface area contributed by atoms with Crippen LogP contribution in [-0.2, 0) is 13.1 Å². The van der Waals surface area contributed by atoms with Gasteiger partial charge in [-0.3, -0.25) is 19.1 Å². The Balaban J connectivity index is 1.81. The molecule has 2 aromatic heterocycles. The Morgan fingerprint density at radius 2 is 1.85 bits per heavy atom. The van der Waals surface area contributed by atoms with E-state index in [1.165, 1.54) is 12.1 Å². The molecule has 1 amide bonds. The molecule has 2 heterocycles. The van der Waals surface area contributed by atoms with Gasteiger partial charge in [-0.25, -0.2) is 9.18 Å². The average molecular weight is 459 g/mol. The van der Waals surface area contributed by atoms with E-state index in [9.17, 15) is 18.8 Å². The van der Waals surface area contributed by atoms with E-state index in [-0.39, 0.29) is 18.8 Å². The predicted molar refractivity (Wildman–Crippen MR) is 124 cm³/mol. The standard InChI is InChI=1S/C25H22FN5O3/c1-16-6-5-7-18(12-16)15-30-24(33)22(23(32)28-14-19-8-3-4-11-27-19)29-31(25(30)34)20-10-9-17(2)21(26)13-20/h3-13H,14-15H2,1-2H3,(H,28,32). The second-order valence-corrected chi connectivity index (χ2v) is 7.86. The molecule has 0 saturated heterocycles. The number of rotatable bonds is 6. The number of carbonyl (C=O) groups excluding carboxylic acids is 1. The van der Waals surface area contributed by atoms with Gasteiger partial charge in [0.15, 0.2) is 0 Å². The van der Waals surface area contributed by atoms with E-state index < -0.39 is 28.7 Å². The monoisotopic (exact) mass is 459 g/mol. The summed E-state index contributed by atoms with van der Waals surface area (Å²) in [4.78, 5) is 43.4. The first-order valence-electron chi connectivity index (χ1n) is 10.6. The van der Waals surface area contributed by atoms with Crippen molar-refractivity contribution in [1.29, 1.82) is 0 Å². The molecule has 0 bridgehead atoms. The van der Waals surface area contributed by atoms with E-state index >= 15 is 0 Å². The highest BCUT2D eigenvalue weighted by molar-refractivity contribution is 5.91. The number of nitrogens with one attached hydrogen (secondary N) is 1. The molecule has 0 unspecified atom stereocenters. The second kappa shape index (κ2) is 9.62. The maximum absolute atomic E-state index is 14.2. The van der Waals surface area contributed by atoms with Crippen LogP contribution in [0, 0.1) is 19.7 Å². The Hall–Kier alpha value is -4.40. The molecule has 0 aliphatic heterocycles. The Morgan fingerprint density at radius 1 is 1.03 bits per heavy atom. The molecule has 0 atom stereocenters. The quantitative estimate of drug-likeness (QED) is 0.478. The molecule has 4 aromatic rings. The number of nitrogens with zero attached hydrogens (tertiary/aromatic N) is 4. The van der Waals surface area contributed by atoms with Crippen molar-refractivity contribution in [2.45, 2.75) is 26.9 Å². The average Bonchev–Trinajstić information content (AvgIpc) is 2.83. The van der Waals surface area contributed by atoms with Gasteiger partial charge in [-0.15, -0.1) is 0 Å². The van der Waals surface area contributed by atoms with Crippen molar-refractivity contribution < 1.29 is 9.18 Å². The summed E-state index contributed by atoms with van der Waals surface area (Å²) in [5, 5.41) is 6.62. The first-order valence-corrected chi connectivity index (χ1v) is 10.6. The van der Waals surface area contributed by atoms with Gasteiger partial charge in [-0.05, 0) is 43.2 Å². The summed E-state index contributed by atoms with van der Waals surface area (Å²) in [5.41, 5.74) is 0.628. The fourth-order valence-electron chi connectivity index (χ4n) is 3.43. The van der Waals surface area contributed by atoms with E-state index in [0.29, 0.717) is 16.8 Å². The van der Waals surface area contributed by atoms with Gasteiger partial charge in [0.1, 0.15) is 5.82 Å². The third-order valence-corrected chi connectivity index (χ3v) is 5.25. The Kier molecular flexibility index (Phi) is 6.44. The van der Waals surface area contributed by atoms with Gasteiger partial charge in [-0.2, -0.15) is 9.78 Å². The van der Waals surface area contributed by atoms with E-state index in [1.54, 1.807) is 37.4 Å². The van der Waals surface area contributed by atoms with Crippen molar-refractivity contribution in [2.24, 2.45) is 0 Å². The number of amides is 1. The number of benzene rings is 2. The number of hydrogen-bond acceptors (Lipinski definition) is 5. The zero-order valence-electron chi connectivity index (χ0n) is 18.7. The van der Waals surface area contributed by atoms with E-state index in [2.05, 4.69) is 15.4 Å². The summed E-state index contributed by atoms with van der Waals surface area (Å²) in [7, 11) is 0. The fourth-order valence-corrected chi connectivity index (χ4v) is 3.43. The van der Waals surface area contributed by atoms with Crippen LogP contribution >= 0.6 is 0 Å². The maximum Gasteiger partial charge on any atom is 0.352 e. The van der Waals surface area contributed by atoms with Gasteiger partial charge in [-0.1, -0.05) is 42.0 Å².